The van der Waals surface area contributed by atoms with Gasteiger partial charge in [0.1, 0.15) is 11.5 Å². The van der Waals surface area contributed by atoms with Gasteiger partial charge in [-0.2, -0.15) is 0 Å². The number of carbonyl (C=O) groups is 1. The highest BCUT2D eigenvalue weighted by molar-refractivity contribution is 8.13. The van der Waals surface area contributed by atoms with Gasteiger partial charge in [0.2, 0.25) is 0 Å². The molecule has 0 aliphatic carbocycles. The Labute approximate surface area is 152 Å². The Hall–Kier alpha value is -2.14. The molecule has 0 bridgehead atoms. The first-order chi connectivity index (χ1) is 12.1. The summed E-state index contributed by atoms with van der Waals surface area (Å²) in [6, 6.07) is 12.4. The third kappa shape index (κ3) is 3.76. The second-order valence-corrected chi connectivity index (χ2v) is 7.24. The molecule has 0 spiro atoms. The van der Waals surface area contributed by atoms with Crippen LogP contribution < -0.4 is 9.47 Å². The lowest BCUT2D eigenvalue weighted by atomic mass is 10.1. The number of aryl methyl sites for hydroxylation is 1. The zero-order valence-electron chi connectivity index (χ0n) is 14.9. The summed E-state index contributed by atoms with van der Waals surface area (Å²) in [7, 11) is 3.38. The highest BCUT2D eigenvalue weighted by Crippen LogP contribution is 2.34. The van der Waals surface area contributed by atoms with Crippen LogP contribution >= 0.6 is 11.8 Å². The fraction of sp³-hybridized carbons (Fsp3) is 0.350. The molecule has 3 rings (SSSR count). The molecule has 1 aromatic heterocycles. The van der Waals surface area contributed by atoms with Crippen molar-refractivity contribution in [2.45, 2.75) is 26.3 Å². The minimum absolute atomic E-state index is 0.191. The number of benzene rings is 2. The van der Waals surface area contributed by atoms with Gasteiger partial charge in [-0.15, -0.1) is 0 Å². The predicted molar refractivity (Wildman–Crippen MR) is 105 cm³/mol. The van der Waals surface area contributed by atoms with Crippen LogP contribution in [0.1, 0.15) is 19.8 Å². The second kappa shape index (κ2) is 7.83. The molecule has 5 heteroatoms. The molecule has 0 unspecified atom stereocenters. The van der Waals surface area contributed by atoms with Crippen molar-refractivity contribution in [3.63, 3.8) is 0 Å². The third-order valence-corrected chi connectivity index (χ3v) is 5.26. The number of hydrogen-bond acceptors (Lipinski definition) is 4. The number of nitrogens with zero attached hydrogens (tertiary/aromatic N) is 1. The smallest absolute Gasteiger partial charge is 0.185 e. The Bertz CT molecular complexity index is 839. The SMILES string of the molecule is COc1ccc2c(c1)c1cc(OC)ccc1n2CCCCSC(C)=O. The monoisotopic (exact) mass is 357 g/mol. The number of hydrogen-bond donors (Lipinski definition) is 0. The molecule has 1 heterocycles. The van der Waals surface area contributed by atoms with Crippen LogP contribution in [0.25, 0.3) is 21.8 Å². The molecule has 0 saturated heterocycles. The topological polar surface area (TPSA) is 40.5 Å². The minimum atomic E-state index is 0.191. The van der Waals surface area contributed by atoms with Gasteiger partial charge >= 0.3 is 0 Å². The van der Waals surface area contributed by atoms with Crippen LogP contribution in [0.5, 0.6) is 11.5 Å². The molecular weight excluding hydrogens is 334 g/mol. The second-order valence-electron chi connectivity index (χ2n) is 5.96. The number of ether oxygens (including phenoxy) is 2. The summed E-state index contributed by atoms with van der Waals surface area (Å²) in [4.78, 5) is 11.0. The van der Waals surface area contributed by atoms with Crippen molar-refractivity contribution in [3.8, 4) is 11.5 Å². The van der Waals surface area contributed by atoms with Gasteiger partial charge in [-0.1, -0.05) is 11.8 Å². The van der Waals surface area contributed by atoms with Crippen LogP contribution in [0.2, 0.25) is 0 Å². The summed E-state index contributed by atoms with van der Waals surface area (Å²) in [5, 5.41) is 2.54. The summed E-state index contributed by atoms with van der Waals surface area (Å²) in [6.07, 6.45) is 2.06. The van der Waals surface area contributed by atoms with E-state index in [0.717, 1.165) is 36.6 Å². The number of aromatic nitrogens is 1. The molecule has 0 saturated carbocycles. The number of unbranched alkanes of at least 4 members (excludes halogenated alkanes) is 1. The van der Waals surface area contributed by atoms with E-state index >= 15 is 0 Å². The van der Waals surface area contributed by atoms with Crippen molar-refractivity contribution in [1.29, 1.82) is 0 Å². The van der Waals surface area contributed by atoms with Gasteiger partial charge < -0.3 is 14.0 Å². The lowest BCUT2D eigenvalue weighted by Crippen LogP contribution is -1.99. The normalized spacial score (nSPS) is 11.2. The van der Waals surface area contributed by atoms with E-state index in [1.54, 1.807) is 21.1 Å². The summed E-state index contributed by atoms with van der Waals surface area (Å²) >= 11 is 1.40. The van der Waals surface area contributed by atoms with E-state index in [0.29, 0.717) is 0 Å². The van der Waals surface area contributed by atoms with Crippen molar-refractivity contribution in [3.05, 3.63) is 36.4 Å². The van der Waals surface area contributed by atoms with Gasteiger partial charge in [-0.05, 0) is 49.2 Å². The minimum Gasteiger partial charge on any atom is -0.497 e. The lowest BCUT2D eigenvalue weighted by molar-refractivity contribution is -0.109. The standard InChI is InChI=1S/C20H23NO3S/c1-14(22)25-11-5-4-10-21-19-8-6-15(23-2)12-17(19)18-13-16(24-3)7-9-20(18)21/h6-9,12-13H,4-5,10-11H2,1-3H3. The molecule has 0 aliphatic rings. The number of methoxy groups -OCH3 is 2. The Morgan fingerprint density at radius 3 is 2.00 bits per heavy atom. The number of fused-ring (bicyclic) bond motifs is 3. The van der Waals surface area contributed by atoms with E-state index in [1.807, 2.05) is 12.1 Å². The molecule has 4 nitrogen and oxygen atoms in total. The van der Waals surface area contributed by atoms with Gasteiger partial charge in [0.25, 0.3) is 0 Å². The zero-order valence-corrected chi connectivity index (χ0v) is 15.7. The number of rotatable bonds is 7. The molecule has 0 N–H and O–H groups in total. The molecule has 0 aliphatic heterocycles. The van der Waals surface area contributed by atoms with E-state index < -0.39 is 0 Å². The maximum Gasteiger partial charge on any atom is 0.185 e. The molecule has 25 heavy (non-hydrogen) atoms. The fourth-order valence-electron chi connectivity index (χ4n) is 3.14. The van der Waals surface area contributed by atoms with Gasteiger partial charge in [-0.25, -0.2) is 0 Å². The Morgan fingerprint density at radius 2 is 1.52 bits per heavy atom. The third-order valence-electron chi connectivity index (χ3n) is 4.36. The number of carbonyl (C=O) groups excluding carboxylic acids is 1. The predicted octanol–water partition coefficient (Wildman–Crippen LogP) is 4.87. The molecule has 0 amide bonds. The maximum absolute atomic E-state index is 11.0. The van der Waals surface area contributed by atoms with Gasteiger partial charge in [0.05, 0.1) is 14.2 Å². The zero-order chi connectivity index (χ0) is 17.8. The highest BCUT2D eigenvalue weighted by atomic mass is 32.2. The van der Waals surface area contributed by atoms with E-state index in [-0.39, 0.29) is 5.12 Å². The van der Waals surface area contributed by atoms with Crippen LogP contribution in [0, 0.1) is 0 Å². The van der Waals surface area contributed by atoms with E-state index in [4.69, 9.17) is 9.47 Å². The first kappa shape index (κ1) is 17.7. The first-order valence-electron chi connectivity index (χ1n) is 8.41. The molecular formula is C20H23NO3S. The largest absolute Gasteiger partial charge is 0.497 e. The van der Waals surface area contributed by atoms with Crippen molar-refractivity contribution in [1.82, 2.24) is 4.57 Å². The Kier molecular flexibility index (Phi) is 5.53. The molecule has 3 aromatic rings. The van der Waals surface area contributed by atoms with E-state index in [2.05, 4.69) is 28.8 Å². The average Bonchev–Trinajstić information content (AvgIpc) is 2.93. The van der Waals surface area contributed by atoms with Gasteiger partial charge in [0.15, 0.2) is 5.12 Å². The molecule has 0 radical (unpaired) electrons. The molecule has 0 fully saturated rings. The Balaban J connectivity index is 1.96. The molecule has 2 aromatic carbocycles. The summed E-state index contributed by atoms with van der Waals surface area (Å²) in [6.45, 7) is 2.55. The van der Waals surface area contributed by atoms with Crippen molar-refractivity contribution in [2.24, 2.45) is 0 Å². The summed E-state index contributed by atoms with van der Waals surface area (Å²) in [5.74, 6) is 2.59. The van der Waals surface area contributed by atoms with Gasteiger partial charge in [0, 0.05) is 41.0 Å². The summed E-state index contributed by atoms with van der Waals surface area (Å²) < 4.78 is 13.1. The highest BCUT2D eigenvalue weighted by Gasteiger charge is 2.12. The van der Waals surface area contributed by atoms with Crippen LogP contribution in [0.15, 0.2) is 36.4 Å². The first-order valence-corrected chi connectivity index (χ1v) is 9.40. The lowest BCUT2D eigenvalue weighted by Gasteiger charge is -2.08. The van der Waals surface area contributed by atoms with Gasteiger partial charge in [-0.3, -0.25) is 4.79 Å². The van der Waals surface area contributed by atoms with E-state index in [9.17, 15) is 4.79 Å². The van der Waals surface area contributed by atoms with Crippen molar-refractivity contribution >= 4 is 38.7 Å². The number of thioether (sulfide) groups is 1. The Morgan fingerprint density at radius 1 is 0.960 bits per heavy atom. The fourth-order valence-corrected chi connectivity index (χ4v) is 3.78. The van der Waals surface area contributed by atoms with Crippen molar-refractivity contribution < 1.29 is 14.3 Å². The van der Waals surface area contributed by atoms with Crippen LogP contribution in [-0.4, -0.2) is 29.7 Å². The van der Waals surface area contributed by atoms with Crippen LogP contribution in [-0.2, 0) is 11.3 Å². The quantitative estimate of drug-likeness (QED) is 0.566. The van der Waals surface area contributed by atoms with Crippen LogP contribution in [0.4, 0.5) is 0 Å². The van der Waals surface area contributed by atoms with Crippen LogP contribution in [0.3, 0.4) is 0 Å². The van der Waals surface area contributed by atoms with E-state index in [1.165, 1.54) is 33.6 Å². The molecule has 132 valence electrons. The maximum atomic E-state index is 11.0. The average molecular weight is 357 g/mol. The summed E-state index contributed by atoms with van der Waals surface area (Å²) in [5.41, 5.74) is 2.39. The van der Waals surface area contributed by atoms with Crippen molar-refractivity contribution in [2.75, 3.05) is 20.0 Å². The molecule has 0 atom stereocenters.